The smallest absolute Gasteiger partial charge is 0.308 e. The molecule has 0 radical (unpaired) electrons. The maximum Gasteiger partial charge on any atom is 0.308 e. The molecule has 0 aliphatic carbocycles. The van der Waals surface area contributed by atoms with Gasteiger partial charge in [-0.2, -0.15) is 0 Å². The number of amides is 1. The monoisotopic (exact) mass is 389 g/mol. The zero-order chi connectivity index (χ0) is 19.3. The Morgan fingerprint density at radius 2 is 2.00 bits per heavy atom. The normalized spacial score (nSPS) is 22.7. The number of aliphatic carboxylic acids is 1. The van der Waals surface area contributed by atoms with Crippen molar-refractivity contribution in [3.05, 3.63) is 26.6 Å². The summed E-state index contributed by atoms with van der Waals surface area (Å²) in [6.45, 7) is 4.97. The molecule has 144 valence electrons. The van der Waals surface area contributed by atoms with Crippen molar-refractivity contribution < 1.29 is 14.7 Å². The number of aromatic nitrogens is 2. The van der Waals surface area contributed by atoms with Crippen LogP contribution in [0, 0.1) is 18.8 Å². The number of aryl methyl sites for hydroxylation is 2. The standard InChI is InChI=1S/C19H23N3O4S/c1-10-8-21(9-12(10)19(25)26)18(24)15-11(2)14-16(27-15)20-13-6-4-3-5-7-22(13)17(14)23/h10,12H,3-9H2,1-2H3,(H,25,26)/t10-,12-/m1/s1. The minimum Gasteiger partial charge on any atom is -0.481 e. The first-order valence-electron chi connectivity index (χ1n) is 9.43. The van der Waals surface area contributed by atoms with E-state index in [1.807, 2.05) is 6.92 Å². The van der Waals surface area contributed by atoms with E-state index in [1.54, 1.807) is 16.4 Å². The largest absolute Gasteiger partial charge is 0.481 e. The number of likely N-dealkylation sites (tertiary alicyclic amines) is 1. The van der Waals surface area contributed by atoms with Crippen molar-refractivity contribution in [2.24, 2.45) is 11.8 Å². The molecule has 2 aromatic rings. The SMILES string of the molecule is Cc1c(C(=O)N2C[C@@H](C)[C@H](C(=O)O)C2)sc2nc3n(c(=O)c12)CCCCC3. The van der Waals surface area contributed by atoms with Crippen LogP contribution in [-0.4, -0.2) is 44.5 Å². The highest BCUT2D eigenvalue weighted by atomic mass is 32.1. The highest BCUT2D eigenvalue weighted by Crippen LogP contribution is 2.32. The molecule has 0 aromatic carbocycles. The Morgan fingerprint density at radius 1 is 1.22 bits per heavy atom. The first-order valence-corrected chi connectivity index (χ1v) is 10.2. The van der Waals surface area contributed by atoms with Gasteiger partial charge < -0.3 is 10.0 Å². The summed E-state index contributed by atoms with van der Waals surface area (Å²) < 4.78 is 1.77. The third kappa shape index (κ3) is 2.96. The van der Waals surface area contributed by atoms with Crippen LogP contribution >= 0.6 is 11.3 Å². The number of carboxylic acids is 1. The van der Waals surface area contributed by atoms with E-state index in [0.29, 0.717) is 33.7 Å². The number of nitrogens with zero attached hydrogens (tertiary/aromatic N) is 3. The first-order chi connectivity index (χ1) is 12.9. The van der Waals surface area contributed by atoms with E-state index in [2.05, 4.69) is 0 Å². The molecule has 0 spiro atoms. The van der Waals surface area contributed by atoms with Gasteiger partial charge >= 0.3 is 5.97 Å². The summed E-state index contributed by atoms with van der Waals surface area (Å²) in [5, 5.41) is 9.85. The Morgan fingerprint density at radius 3 is 2.70 bits per heavy atom. The fourth-order valence-electron chi connectivity index (χ4n) is 4.21. The molecule has 0 bridgehead atoms. The Hall–Kier alpha value is -2.22. The summed E-state index contributed by atoms with van der Waals surface area (Å²) >= 11 is 1.26. The molecule has 1 saturated heterocycles. The van der Waals surface area contributed by atoms with Crippen molar-refractivity contribution in [2.75, 3.05) is 13.1 Å². The van der Waals surface area contributed by atoms with Gasteiger partial charge in [0.05, 0.1) is 16.2 Å². The number of carbonyl (C=O) groups excluding carboxylic acids is 1. The van der Waals surface area contributed by atoms with Crippen LogP contribution in [0.3, 0.4) is 0 Å². The molecule has 27 heavy (non-hydrogen) atoms. The van der Waals surface area contributed by atoms with Crippen molar-refractivity contribution in [3.8, 4) is 0 Å². The number of rotatable bonds is 2. The molecule has 2 aliphatic rings. The molecule has 2 aliphatic heterocycles. The number of hydrogen-bond acceptors (Lipinski definition) is 5. The highest BCUT2D eigenvalue weighted by Gasteiger charge is 2.38. The van der Waals surface area contributed by atoms with Crippen LogP contribution in [0.4, 0.5) is 0 Å². The van der Waals surface area contributed by atoms with Gasteiger partial charge in [-0.15, -0.1) is 11.3 Å². The van der Waals surface area contributed by atoms with Gasteiger partial charge in [-0.3, -0.25) is 19.0 Å². The minimum atomic E-state index is -0.866. The van der Waals surface area contributed by atoms with Gasteiger partial charge in [-0.1, -0.05) is 13.3 Å². The van der Waals surface area contributed by atoms with Crippen LogP contribution < -0.4 is 5.56 Å². The number of carboxylic acid groups (broad SMARTS) is 1. The lowest BCUT2D eigenvalue weighted by Crippen LogP contribution is -2.30. The number of carbonyl (C=O) groups is 2. The van der Waals surface area contributed by atoms with Gasteiger partial charge in [-0.05, 0) is 31.2 Å². The Labute approximate surface area is 160 Å². The fraction of sp³-hybridized carbons (Fsp3) is 0.579. The van der Waals surface area contributed by atoms with Gasteiger partial charge in [-0.25, -0.2) is 4.98 Å². The fourth-order valence-corrected chi connectivity index (χ4v) is 5.37. The second kappa shape index (κ2) is 6.74. The minimum absolute atomic E-state index is 0.0529. The Balaban J connectivity index is 1.74. The Kier molecular flexibility index (Phi) is 4.53. The summed E-state index contributed by atoms with van der Waals surface area (Å²) in [6, 6.07) is 0. The average molecular weight is 389 g/mol. The molecular weight excluding hydrogens is 366 g/mol. The molecular formula is C19H23N3O4S. The van der Waals surface area contributed by atoms with Crippen LogP contribution in [0.2, 0.25) is 0 Å². The summed E-state index contributed by atoms with van der Waals surface area (Å²) in [4.78, 5) is 44.9. The van der Waals surface area contributed by atoms with Crippen LogP contribution in [-0.2, 0) is 17.8 Å². The van der Waals surface area contributed by atoms with Crippen LogP contribution in [0.25, 0.3) is 10.2 Å². The highest BCUT2D eigenvalue weighted by molar-refractivity contribution is 7.20. The quantitative estimate of drug-likeness (QED) is 0.851. The van der Waals surface area contributed by atoms with E-state index in [9.17, 15) is 19.5 Å². The third-order valence-electron chi connectivity index (χ3n) is 5.82. The van der Waals surface area contributed by atoms with Crippen molar-refractivity contribution in [2.45, 2.75) is 46.1 Å². The predicted molar refractivity (Wildman–Crippen MR) is 102 cm³/mol. The van der Waals surface area contributed by atoms with Crippen LogP contribution in [0.15, 0.2) is 4.79 Å². The predicted octanol–water partition coefficient (Wildman–Crippen LogP) is 2.29. The molecule has 0 saturated carbocycles. The summed E-state index contributed by atoms with van der Waals surface area (Å²) in [5.41, 5.74) is 0.617. The zero-order valence-corrected chi connectivity index (χ0v) is 16.3. The van der Waals surface area contributed by atoms with Gasteiger partial charge in [0, 0.05) is 26.1 Å². The molecule has 1 N–H and O–H groups in total. The number of fused-ring (bicyclic) bond motifs is 2. The third-order valence-corrected chi connectivity index (χ3v) is 7.00. The summed E-state index contributed by atoms with van der Waals surface area (Å²) in [7, 11) is 0. The lowest BCUT2D eigenvalue weighted by Gasteiger charge is -2.15. The van der Waals surface area contributed by atoms with Gasteiger partial charge in [0.25, 0.3) is 11.5 Å². The average Bonchev–Trinajstić information content (AvgIpc) is 3.06. The molecule has 4 heterocycles. The van der Waals surface area contributed by atoms with Crippen molar-refractivity contribution in [1.82, 2.24) is 14.5 Å². The van der Waals surface area contributed by atoms with Crippen LogP contribution in [0.5, 0.6) is 0 Å². The van der Waals surface area contributed by atoms with E-state index in [4.69, 9.17) is 4.98 Å². The van der Waals surface area contributed by atoms with Crippen LogP contribution in [0.1, 0.15) is 47.2 Å². The van der Waals surface area contributed by atoms with E-state index < -0.39 is 11.9 Å². The second-order valence-electron chi connectivity index (χ2n) is 7.66. The van der Waals surface area contributed by atoms with Gasteiger partial charge in [0.15, 0.2) is 0 Å². The number of thiophene rings is 1. The maximum atomic E-state index is 13.0. The second-order valence-corrected chi connectivity index (χ2v) is 8.66. The molecule has 2 aromatic heterocycles. The molecule has 0 unspecified atom stereocenters. The van der Waals surface area contributed by atoms with Gasteiger partial charge in [0.2, 0.25) is 0 Å². The van der Waals surface area contributed by atoms with Gasteiger partial charge in [0.1, 0.15) is 10.7 Å². The number of hydrogen-bond donors (Lipinski definition) is 1. The Bertz CT molecular complexity index is 993. The van der Waals surface area contributed by atoms with E-state index >= 15 is 0 Å². The molecule has 7 nitrogen and oxygen atoms in total. The summed E-state index contributed by atoms with van der Waals surface area (Å²) in [6.07, 6.45) is 3.88. The topological polar surface area (TPSA) is 92.5 Å². The van der Waals surface area contributed by atoms with E-state index in [1.165, 1.54) is 11.3 Å². The lowest BCUT2D eigenvalue weighted by molar-refractivity contribution is -0.142. The van der Waals surface area contributed by atoms with E-state index in [0.717, 1.165) is 31.5 Å². The molecule has 2 atom stereocenters. The van der Waals surface area contributed by atoms with Crippen molar-refractivity contribution >= 4 is 33.4 Å². The zero-order valence-electron chi connectivity index (χ0n) is 15.5. The van der Waals surface area contributed by atoms with E-state index in [-0.39, 0.29) is 23.9 Å². The first kappa shape index (κ1) is 18.2. The molecule has 1 fully saturated rings. The van der Waals surface area contributed by atoms with Crippen molar-refractivity contribution in [1.29, 1.82) is 0 Å². The molecule has 4 rings (SSSR count). The molecule has 8 heteroatoms. The molecule has 1 amide bonds. The van der Waals surface area contributed by atoms with Crippen molar-refractivity contribution in [3.63, 3.8) is 0 Å². The lowest BCUT2D eigenvalue weighted by atomic mass is 9.99. The summed E-state index contributed by atoms with van der Waals surface area (Å²) in [5.74, 6) is -0.865. The maximum absolute atomic E-state index is 13.0.